The normalized spacial score (nSPS) is 10.7. The molecule has 0 unspecified atom stereocenters. The molecule has 0 bridgehead atoms. The van der Waals surface area contributed by atoms with Crippen LogP contribution in [0.3, 0.4) is 0 Å². The summed E-state index contributed by atoms with van der Waals surface area (Å²) in [6, 6.07) is 17.9. The van der Waals surface area contributed by atoms with Gasteiger partial charge in [0.1, 0.15) is 5.82 Å². The van der Waals surface area contributed by atoms with Gasteiger partial charge in [0.15, 0.2) is 17.3 Å². The quantitative estimate of drug-likeness (QED) is 0.510. The Kier molecular flexibility index (Phi) is 5.29. The first kappa shape index (κ1) is 17.2. The summed E-state index contributed by atoms with van der Waals surface area (Å²) in [5, 5.41) is 13.0. The highest BCUT2D eigenvalue weighted by Crippen LogP contribution is 2.27. The molecule has 0 saturated carbocycles. The topological polar surface area (TPSA) is 71.5 Å². The molecule has 5 heteroatoms. The van der Waals surface area contributed by atoms with E-state index in [1.165, 1.54) is 19.3 Å². The molecule has 0 aliphatic rings. The molecule has 2 N–H and O–H groups in total. The SMILES string of the molecule is COc1ccc(C=CC(=O)c2cccnc2Nc2ccccc2)cc1O. The van der Waals surface area contributed by atoms with Crippen LogP contribution in [0, 0.1) is 0 Å². The number of allylic oxidation sites excluding steroid dienone is 1. The fourth-order valence-electron chi connectivity index (χ4n) is 2.43. The predicted molar refractivity (Wildman–Crippen MR) is 102 cm³/mol. The van der Waals surface area contributed by atoms with E-state index in [4.69, 9.17) is 4.74 Å². The van der Waals surface area contributed by atoms with Crippen molar-refractivity contribution in [2.75, 3.05) is 12.4 Å². The van der Waals surface area contributed by atoms with Gasteiger partial charge in [-0.15, -0.1) is 0 Å². The average molecular weight is 346 g/mol. The molecule has 1 aromatic heterocycles. The van der Waals surface area contributed by atoms with Crippen molar-refractivity contribution < 1.29 is 14.6 Å². The van der Waals surface area contributed by atoms with Gasteiger partial charge in [-0.2, -0.15) is 0 Å². The number of carbonyl (C=O) groups excluding carboxylic acids is 1. The number of aromatic nitrogens is 1. The number of hydrogen-bond acceptors (Lipinski definition) is 5. The molecule has 0 aliphatic heterocycles. The Morgan fingerprint density at radius 3 is 2.65 bits per heavy atom. The highest BCUT2D eigenvalue weighted by molar-refractivity contribution is 6.10. The Morgan fingerprint density at radius 2 is 1.92 bits per heavy atom. The fraction of sp³-hybridized carbons (Fsp3) is 0.0476. The number of aromatic hydroxyl groups is 1. The maximum atomic E-state index is 12.6. The number of nitrogens with one attached hydrogen (secondary N) is 1. The van der Waals surface area contributed by atoms with Gasteiger partial charge in [-0.25, -0.2) is 4.98 Å². The zero-order valence-electron chi connectivity index (χ0n) is 14.2. The first-order valence-electron chi connectivity index (χ1n) is 8.04. The lowest BCUT2D eigenvalue weighted by Gasteiger charge is -2.08. The van der Waals surface area contributed by atoms with Crippen LogP contribution in [-0.4, -0.2) is 23.0 Å². The number of para-hydroxylation sites is 1. The van der Waals surface area contributed by atoms with E-state index < -0.39 is 0 Å². The summed E-state index contributed by atoms with van der Waals surface area (Å²) < 4.78 is 5.01. The summed E-state index contributed by atoms with van der Waals surface area (Å²) >= 11 is 0. The zero-order chi connectivity index (χ0) is 18.4. The lowest BCUT2D eigenvalue weighted by Crippen LogP contribution is -2.03. The summed E-state index contributed by atoms with van der Waals surface area (Å²) in [6.07, 6.45) is 4.72. The molecule has 0 saturated heterocycles. The lowest BCUT2D eigenvalue weighted by atomic mass is 10.1. The number of methoxy groups -OCH3 is 1. The molecule has 3 rings (SSSR count). The van der Waals surface area contributed by atoms with Crippen molar-refractivity contribution in [3.8, 4) is 11.5 Å². The average Bonchev–Trinajstić information content (AvgIpc) is 2.67. The number of phenols is 1. The second kappa shape index (κ2) is 7.98. The number of carbonyl (C=O) groups is 1. The Bertz CT molecular complexity index is 937. The van der Waals surface area contributed by atoms with E-state index in [2.05, 4.69) is 10.3 Å². The van der Waals surface area contributed by atoms with Gasteiger partial charge in [0.2, 0.25) is 0 Å². The van der Waals surface area contributed by atoms with Crippen LogP contribution in [0.4, 0.5) is 11.5 Å². The number of hydrogen-bond donors (Lipinski definition) is 2. The van der Waals surface area contributed by atoms with Crippen LogP contribution in [0.5, 0.6) is 11.5 Å². The Hall–Kier alpha value is -3.60. The number of rotatable bonds is 6. The largest absolute Gasteiger partial charge is 0.504 e. The second-order valence-electron chi connectivity index (χ2n) is 5.52. The van der Waals surface area contributed by atoms with Crippen molar-refractivity contribution in [3.05, 3.63) is 84.1 Å². The third kappa shape index (κ3) is 4.08. The second-order valence-corrected chi connectivity index (χ2v) is 5.52. The molecule has 0 fully saturated rings. The molecule has 26 heavy (non-hydrogen) atoms. The molecule has 0 aliphatic carbocycles. The van der Waals surface area contributed by atoms with Crippen LogP contribution in [0.1, 0.15) is 15.9 Å². The van der Waals surface area contributed by atoms with Crippen molar-refractivity contribution in [3.63, 3.8) is 0 Å². The van der Waals surface area contributed by atoms with E-state index in [1.54, 1.807) is 36.5 Å². The van der Waals surface area contributed by atoms with E-state index >= 15 is 0 Å². The highest BCUT2D eigenvalue weighted by Gasteiger charge is 2.10. The fourth-order valence-corrected chi connectivity index (χ4v) is 2.43. The standard InChI is InChI=1S/C21H18N2O3/c1-26-20-12-10-15(14-19(20)25)9-11-18(24)17-8-5-13-22-21(17)23-16-6-3-2-4-7-16/h2-14,25H,1H3,(H,22,23). The van der Waals surface area contributed by atoms with Gasteiger partial charge in [-0.05, 0) is 48.0 Å². The van der Waals surface area contributed by atoms with E-state index in [1.807, 2.05) is 30.3 Å². The van der Waals surface area contributed by atoms with Crippen molar-refractivity contribution >= 4 is 23.4 Å². The summed E-state index contributed by atoms with van der Waals surface area (Å²) in [7, 11) is 1.48. The number of nitrogens with zero attached hydrogens (tertiary/aromatic N) is 1. The monoisotopic (exact) mass is 346 g/mol. The number of phenolic OH excluding ortho intramolecular Hbond substituents is 1. The number of ether oxygens (including phenoxy) is 1. The van der Waals surface area contributed by atoms with Crippen LogP contribution >= 0.6 is 0 Å². The van der Waals surface area contributed by atoms with E-state index in [0.29, 0.717) is 22.7 Å². The maximum Gasteiger partial charge on any atom is 0.189 e. The molecule has 5 nitrogen and oxygen atoms in total. The van der Waals surface area contributed by atoms with Gasteiger partial charge in [0, 0.05) is 11.9 Å². The predicted octanol–water partition coefficient (Wildman–Crippen LogP) is 4.44. The first-order valence-corrected chi connectivity index (χ1v) is 8.04. The highest BCUT2D eigenvalue weighted by atomic mass is 16.5. The molecule has 0 atom stereocenters. The Labute approximate surface area is 151 Å². The zero-order valence-corrected chi connectivity index (χ0v) is 14.2. The molecule has 0 amide bonds. The molecular weight excluding hydrogens is 328 g/mol. The van der Waals surface area contributed by atoms with Gasteiger partial charge < -0.3 is 15.2 Å². The summed E-state index contributed by atoms with van der Waals surface area (Å²) in [4.78, 5) is 16.8. The minimum Gasteiger partial charge on any atom is -0.504 e. The van der Waals surface area contributed by atoms with Gasteiger partial charge in [0.25, 0.3) is 0 Å². The minimum atomic E-state index is -0.188. The molecule has 0 radical (unpaired) electrons. The lowest BCUT2D eigenvalue weighted by molar-refractivity contribution is 0.104. The van der Waals surface area contributed by atoms with Gasteiger partial charge in [-0.3, -0.25) is 4.79 Å². The van der Waals surface area contributed by atoms with Crippen molar-refractivity contribution in [1.29, 1.82) is 0 Å². The molecule has 130 valence electrons. The number of ketones is 1. The first-order chi connectivity index (χ1) is 12.7. The van der Waals surface area contributed by atoms with E-state index in [0.717, 1.165) is 5.69 Å². The third-order valence-corrected chi connectivity index (χ3v) is 3.74. The van der Waals surface area contributed by atoms with E-state index in [9.17, 15) is 9.90 Å². The number of benzene rings is 2. The third-order valence-electron chi connectivity index (χ3n) is 3.74. The number of pyridine rings is 1. The van der Waals surface area contributed by atoms with Gasteiger partial charge in [-0.1, -0.05) is 30.3 Å². The molecule has 0 spiro atoms. The van der Waals surface area contributed by atoms with Crippen molar-refractivity contribution in [2.24, 2.45) is 0 Å². The van der Waals surface area contributed by atoms with Crippen LogP contribution in [0.25, 0.3) is 6.08 Å². The van der Waals surface area contributed by atoms with E-state index in [-0.39, 0.29) is 11.5 Å². The van der Waals surface area contributed by atoms with Crippen LogP contribution < -0.4 is 10.1 Å². The van der Waals surface area contributed by atoms with Crippen LogP contribution in [-0.2, 0) is 0 Å². The van der Waals surface area contributed by atoms with Gasteiger partial charge in [0.05, 0.1) is 12.7 Å². The molecule has 3 aromatic rings. The van der Waals surface area contributed by atoms with Gasteiger partial charge >= 0.3 is 0 Å². The molecule has 2 aromatic carbocycles. The number of anilines is 2. The summed E-state index contributed by atoms with van der Waals surface area (Å²) in [5.41, 5.74) is 2.01. The molecular formula is C21H18N2O3. The smallest absolute Gasteiger partial charge is 0.189 e. The summed E-state index contributed by atoms with van der Waals surface area (Å²) in [5.74, 6) is 0.711. The Morgan fingerprint density at radius 1 is 1.12 bits per heavy atom. The minimum absolute atomic E-state index is 0.0231. The molecule has 1 heterocycles. The van der Waals surface area contributed by atoms with Crippen LogP contribution in [0.15, 0.2) is 72.9 Å². The maximum absolute atomic E-state index is 12.6. The summed E-state index contributed by atoms with van der Waals surface area (Å²) in [6.45, 7) is 0. The van der Waals surface area contributed by atoms with Crippen LogP contribution in [0.2, 0.25) is 0 Å². The Balaban J connectivity index is 1.81. The van der Waals surface area contributed by atoms with Crippen molar-refractivity contribution in [2.45, 2.75) is 0 Å². The van der Waals surface area contributed by atoms with Crippen molar-refractivity contribution in [1.82, 2.24) is 4.98 Å².